The Labute approximate surface area is 89.4 Å². The van der Waals surface area contributed by atoms with E-state index in [0.717, 1.165) is 0 Å². The first-order valence-electron chi connectivity index (χ1n) is 4.54. The number of aromatic nitrogens is 1. The van der Waals surface area contributed by atoms with Crippen LogP contribution >= 0.6 is 11.3 Å². The van der Waals surface area contributed by atoms with E-state index in [-0.39, 0.29) is 0 Å². The molecule has 1 aromatic carbocycles. The molecule has 76 valence electrons. The molecule has 2 rings (SSSR count). The zero-order valence-corrected chi connectivity index (χ0v) is 9.37. The molecular formula is C11H16N2S. The number of anilines is 1. The molecule has 0 bridgehead atoms. The smallest absolute Gasteiger partial charge is 0.179 e. The first kappa shape index (κ1) is 12.7. The van der Waals surface area contributed by atoms with E-state index in [2.05, 4.69) is 4.98 Å². The fraction of sp³-hybridized carbons (Fsp3) is 0.182. The molecule has 14 heavy (non-hydrogen) atoms. The monoisotopic (exact) mass is 208 g/mol. The predicted octanol–water partition coefficient (Wildman–Crippen LogP) is 3.44. The third-order valence-corrected chi connectivity index (χ3v) is 1.72. The molecule has 0 aliphatic rings. The molecule has 0 spiro atoms. The average molecular weight is 208 g/mol. The summed E-state index contributed by atoms with van der Waals surface area (Å²) in [6.07, 6.45) is 1.68. The van der Waals surface area contributed by atoms with Crippen LogP contribution in [0.15, 0.2) is 48.0 Å². The first-order chi connectivity index (χ1) is 6.89. The Bertz CT molecular complexity index is 253. The van der Waals surface area contributed by atoms with Crippen molar-refractivity contribution in [2.24, 2.45) is 0 Å². The number of nitrogens with two attached hydrogens (primary N) is 1. The zero-order chi connectivity index (χ0) is 10.6. The molecule has 1 heterocycles. The summed E-state index contributed by atoms with van der Waals surface area (Å²) in [7, 11) is 0. The van der Waals surface area contributed by atoms with Crippen LogP contribution in [0, 0.1) is 0 Å². The second-order valence-electron chi connectivity index (χ2n) is 2.03. The minimum Gasteiger partial charge on any atom is -0.375 e. The largest absolute Gasteiger partial charge is 0.375 e. The summed E-state index contributed by atoms with van der Waals surface area (Å²) >= 11 is 1.44. The summed E-state index contributed by atoms with van der Waals surface area (Å²) in [6, 6.07) is 12.0. The Hall–Kier alpha value is -1.35. The maximum atomic E-state index is 5.19. The van der Waals surface area contributed by atoms with Crippen LogP contribution in [0.2, 0.25) is 0 Å². The molecule has 3 heteroatoms. The van der Waals surface area contributed by atoms with Crippen LogP contribution in [0.3, 0.4) is 0 Å². The van der Waals surface area contributed by atoms with Gasteiger partial charge in [-0.25, -0.2) is 4.98 Å². The molecule has 2 N–H and O–H groups in total. The fourth-order valence-corrected chi connectivity index (χ4v) is 1.00. The Morgan fingerprint density at radius 2 is 1.43 bits per heavy atom. The van der Waals surface area contributed by atoms with E-state index in [1.165, 1.54) is 11.3 Å². The van der Waals surface area contributed by atoms with Gasteiger partial charge in [0.1, 0.15) is 0 Å². The SMILES string of the molecule is CC.Nc1nccs1.c1ccccc1. The van der Waals surface area contributed by atoms with Crippen LogP contribution < -0.4 is 5.73 Å². The lowest BCUT2D eigenvalue weighted by Gasteiger charge is -1.69. The quantitative estimate of drug-likeness (QED) is 0.720. The van der Waals surface area contributed by atoms with E-state index >= 15 is 0 Å². The van der Waals surface area contributed by atoms with Gasteiger partial charge >= 0.3 is 0 Å². The topological polar surface area (TPSA) is 38.9 Å². The van der Waals surface area contributed by atoms with Crippen molar-refractivity contribution in [3.05, 3.63) is 48.0 Å². The number of thiazole rings is 1. The normalized spacial score (nSPS) is 7.57. The van der Waals surface area contributed by atoms with Crippen molar-refractivity contribution in [2.45, 2.75) is 13.8 Å². The highest BCUT2D eigenvalue weighted by Crippen LogP contribution is 2.02. The van der Waals surface area contributed by atoms with Crippen molar-refractivity contribution in [1.82, 2.24) is 4.98 Å². The van der Waals surface area contributed by atoms with Gasteiger partial charge in [0, 0.05) is 11.6 Å². The molecule has 0 amide bonds. The molecule has 0 aliphatic heterocycles. The first-order valence-corrected chi connectivity index (χ1v) is 5.42. The molecule has 0 radical (unpaired) electrons. The van der Waals surface area contributed by atoms with Gasteiger partial charge < -0.3 is 5.73 Å². The molecular weight excluding hydrogens is 192 g/mol. The van der Waals surface area contributed by atoms with Crippen molar-refractivity contribution in [1.29, 1.82) is 0 Å². The molecule has 0 fully saturated rings. The van der Waals surface area contributed by atoms with Gasteiger partial charge in [-0.2, -0.15) is 0 Å². The number of rotatable bonds is 0. The van der Waals surface area contributed by atoms with Crippen LogP contribution in [-0.2, 0) is 0 Å². The lowest BCUT2D eigenvalue weighted by molar-refractivity contribution is 1.43. The molecule has 0 unspecified atom stereocenters. The van der Waals surface area contributed by atoms with Gasteiger partial charge in [0.25, 0.3) is 0 Å². The Morgan fingerprint density at radius 1 is 1.00 bits per heavy atom. The summed E-state index contributed by atoms with van der Waals surface area (Å²) in [5.74, 6) is 0. The van der Waals surface area contributed by atoms with Gasteiger partial charge in [0.05, 0.1) is 0 Å². The zero-order valence-electron chi connectivity index (χ0n) is 8.55. The van der Waals surface area contributed by atoms with E-state index in [1.807, 2.05) is 55.6 Å². The van der Waals surface area contributed by atoms with Gasteiger partial charge in [0.15, 0.2) is 5.13 Å². The number of nitrogens with zero attached hydrogens (tertiary/aromatic N) is 1. The second-order valence-corrected chi connectivity index (χ2v) is 2.95. The molecule has 2 aromatic rings. The molecule has 1 aromatic heterocycles. The predicted molar refractivity (Wildman–Crippen MR) is 64.3 cm³/mol. The summed E-state index contributed by atoms with van der Waals surface area (Å²) in [5, 5.41) is 2.48. The second kappa shape index (κ2) is 9.74. The number of hydrogen-bond donors (Lipinski definition) is 1. The van der Waals surface area contributed by atoms with Crippen molar-refractivity contribution in [2.75, 3.05) is 5.73 Å². The van der Waals surface area contributed by atoms with Crippen LogP contribution in [-0.4, -0.2) is 4.98 Å². The van der Waals surface area contributed by atoms with Crippen LogP contribution in [0.4, 0.5) is 5.13 Å². The molecule has 2 nitrogen and oxygen atoms in total. The van der Waals surface area contributed by atoms with Crippen molar-refractivity contribution >= 4 is 16.5 Å². The summed E-state index contributed by atoms with van der Waals surface area (Å²) in [6.45, 7) is 4.00. The highest BCUT2D eigenvalue weighted by atomic mass is 32.1. The maximum absolute atomic E-state index is 5.19. The standard InChI is InChI=1S/C6H6.C3H4N2S.C2H6/c1-2-4-6-5-3-1;4-3-5-1-2-6-3;1-2/h1-6H;1-2H,(H2,4,5);1-2H3. The van der Waals surface area contributed by atoms with E-state index in [4.69, 9.17) is 5.73 Å². The highest BCUT2D eigenvalue weighted by molar-refractivity contribution is 7.13. The average Bonchev–Trinajstić information content (AvgIpc) is 2.76. The Morgan fingerprint density at radius 3 is 1.57 bits per heavy atom. The minimum absolute atomic E-state index is 0.634. The van der Waals surface area contributed by atoms with E-state index in [1.54, 1.807) is 6.20 Å². The molecule has 0 saturated carbocycles. The summed E-state index contributed by atoms with van der Waals surface area (Å²) < 4.78 is 0. The highest BCUT2D eigenvalue weighted by Gasteiger charge is 1.76. The van der Waals surface area contributed by atoms with E-state index < -0.39 is 0 Å². The van der Waals surface area contributed by atoms with Gasteiger partial charge in [0.2, 0.25) is 0 Å². The van der Waals surface area contributed by atoms with Crippen molar-refractivity contribution in [3.8, 4) is 0 Å². The number of benzene rings is 1. The van der Waals surface area contributed by atoms with Crippen LogP contribution in [0.1, 0.15) is 13.8 Å². The van der Waals surface area contributed by atoms with Gasteiger partial charge in [-0.15, -0.1) is 11.3 Å². The van der Waals surface area contributed by atoms with Crippen molar-refractivity contribution in [3.63, 3.8) is 0 Å². The van der Waals surface area contributed by atoms with E-state index in [0.29, 0.717) is 5.13 Å². The maximum Gasteiger partial charge on any atom is 0.179 e. The lowest BCUT2D eigenvalue weighted by atomic mass is 10.4. The molecule has 0 atom stereocenters. The van der Waals surface area contributed by atoms with Gasteiger partial charge in [-0.3, -0.25) is 0 Å². The van der Waals surface area contributed by atoms with E-state index in [9.17, 15) is 0 Å². The van der Waals surface area contributed by atoms with Crippen LogP contribution in [0.5, 0.6) is 0 Å². The Kier molecular flexibility index (Phi) is 8.80. The van der Waals surface area contributed by atoms with Gasteiger partial charge in [-0.05, 0) is 0 Å². The lowest BCUT2D eigenvalue weighted by Crippen LogP contribution is -1.77. The third kappa shape index (κ3) is 7.31. The number of nitrogen functional groups attached to an aromatic ring is 1. The fourth-order valence-electron chi connectivity index (χ4n) is 0.619. The third-order valence-electron chi connectivity index (χ3n) is 1.12. The summed E-state index contributed by atoms with van der Waals surface area (Å²) in [5.41, 5.74) is 5.19. The van der Waals surface area contributed by atoms with Crippen molar-refractivity contribution < 1.29 is 0 Å². The molecule has 0 saturated heterocycles. The summed E-state index contributed by atoms with van der Waals surface area (Å²) in [4.78, 5) is 3.71. The van der Waals surface area contributed by atoms with Crippen LogP contribution in [0.25, 0.3) is 0 Å². The number of hydrogen-bond acceptors (Lipinski definition) is 3. The molecule has 0 aliphatic carbocycles. The minimum atomic E-state index is 0.634. The van der Waals surface area contributed by atoms with Gasteiger partial charge in [-0.1, -0.05) is 50.2 Å². The Balaban J connectivity index is 0.000000206.